The summed E-state index contributed by atoms with van der Waals surface area (Å²) in [5.41, 5.74) is 0.587. The zero-order chi connectivity index (χ0) is 26.6. The molecule has 0 aliphatic rings. The number of carboxylic acids is 1. The summed E-state index contributed by atoms with van der Waals surface area (Å²) in [6, 6.07) is 22.9. The van der Waals surface area contributed by atoms with Crippen LogP contribution in [0.15, 0.2) is 91.0 Å². The molecule has 190 valence electrons. The monoisotopic (exact) mass is 507 g/mol. The molecule has 4 aromatic rings. The number of halogens is 3. The molecule has 0 saturated heterocycles. The number of hydrogen-bond donors (Lipinski definition) is 2. The Labute approximate surface area is 211 Å². The second-order valence-corrected chi connectivity index (χ2v) is 8.60. The van der Waals surface area contributed by atoms with E-state index in [0.29, 0.717) is 10.9 Å². The van der Waals surface area contributed by atoms with Gasteiger partial charge in [-0.05, 0) is 41.6 Å². The number of nitrogens with one attached hydrogen (secondary N) is 1. The molecule has 0 spiro atoms. The van der Waals surface area contributed by atoms with E-state index in [9.17, 15) is 27.9 Å². The highest BCUT2D eigenvalue weighted by atomic mass is 19.4. The molecule has 1 amide bonds. The normalized spacial score (nSPS) is 13.1. The molecule has 4 rings (SSSR count). The van der Waals surface area contributed by atoms with Crippen molar-refractivity contribution in [3.05, 3.63) is 113 Å². The highest BCUT2D eigenvalue weighted by molar-refractivity contribution is 6.04. The van der Waals surface area contributed by atoms with E-state index >= 15 is 0 Å². The minimum absolute atomic E-state index is 0.0909. The smallest absolute Gasteiger partial charge is 0.416 e. The number of fused-ring (bicyclic) bond motifs is 1. The van der Waals surface area contributed by atoms with E-state index in [1.807, 2.05) is 18.2 Å². The molecular weight excluding hydrogens is 483 g/mol. The van der Waals surface area contributed by atoms with Crippen LogP contribution in [0.1, 0.15) is 40.1 Å². The molecule has 0 fully saturated rings. The summed E-state index contributed by atoms with van der Waals surface area (Å²) in [5.74, 6) is -1.60. The number of carbonyl (C=O) groups is 2. The second-order valence-electron chi connectivity index (χ2n) is 8.60. The number of amides is 1. The maximum absolute atomic E-state index is 13.3. The van der Waals surface area contributed by atoms with Crippen molar-refractivity contribution in [2.45, 2.75) is 31.7 Å². The van der Waals surface area contributed by atoms with Gasteiger partial charge < -0.3 is 15.2 Å². The number of ether oxygens (including phenoxy) is 1. The van der Waals surface area contributed by atoms with Gasteiger partial charge in [0.1, 0.15) is 17.9 Å². The Hall–Kier alpha value is -4.33. The third kappa shape index (κ3) is 6.09. The summed E-state index contributed by atoms with van der Waals surface area (Å²) in [6.07, 6.45) is -5.06. The van der Waals surface area contributed by atoms with Gasteiger partial charge in [-0.3, -0.25) is 4.79 Å². The predicted molar refractivity (Wildman–Crippen MR) is 133 cm³/mol. The molecule has 2 N–H and O–H groups in total. The van der Waals surface area contributed by atoms with Crippen molar-refractivity contribution in [3.63, 3.8) is 0 Å². The molecule has 0 bridgehead atoms. The number of hydrogen-bond acceptors (Lipinski definition) is 3. The Morgan fingerprint density at radius 1 is 0.892 bits per heavy atom. The average Bonchev–Trinajstić information content (AvgIpc) is 2.88. The summed E-state index contributed by atoms with van der Waals surface area (Å²) >= 11 is 0. The third-order valence-electron chi connectivity index (χ3n) is 6.01. The van der Waals surface area contributed by atoms with E-state index in [1.54, 1.807) is 55.5 Å². The van der Waals surface area contributed by atoms with Crippen molar-refractivity contribution in [1.82, 2.24) is 5.32 Å². The molecule has 0 aromatic heterocycles. The van der Waals surface area contributed by atoms with E-state index in [2.05, 4.69) is 5.32 Å². The topological polar surface area (TPSA) is 75.6 Å². The van der Waals surface area contributed by atoms with Crippen LogP contribution < -0.4 is 10.1 Å². The molecular formula is C29H24F3NO4. The zero-order valence-electron chi connectivity index (χ0n) is 19.8. The summed E-state index contributed by atoms with van der Waals surface area (Å²) in [6.45, 7) is 1.67. The van der Waals surface area contributed by atoms with Crippen molar-refractivity contribution in [2.24, 2.45) is 0 Å². The number of benzene rings is 4. The maximum atomic E-state index is 13.3. The quantitative estimate of drug-likeness (QED) is 0.288. The van der Waals surface area contributed by atoms with Gasteiger partial charge in [-0.1, -0.05) is 72.8 Å². The molecule has 37 heavy (non-hydrogen) atoms. The Bertz CT molecular complexity index is 1400. The van der Waals surface area contributed by atoms with Gasteiger partial charge in [0, 0.05) is 11.8 Å². The van der Waals surface area contributed by atoms with Gasteiger partial charge in [-0.15, -0.1) is 0 Å². The van der Waals surface area contributed by atoms with Gasteiger partial charge in [0.25, 0.3) is 5.91 Å². The first-order valence-electron chi connectivity index (χ1n) is 11.6. The molecule has 1 unspecified atom stereocenters. The minimum Gasteiger partial charge on any atom is -0.485 e. The Balaban J connectivity index is 1.64. The molecule has 0 saturated carbocycles. The summed E-state index contributed by atoms with van der Waals surface area (Å²) in [5, 5.41) is 13.7. The third-order valence-corrected chi connectivity index (χ3v) is 6.01. The van der Waals surface area contributed by atoms with Gasteiger partial charge in [0.2, 0.25) is 0 Å². The summed E-state index contributed by atoms with van der Waals surface area (Å²) < 4.78 is 45.1. The number of carboxylic acid groups (broad SMARTS) is 1. The predicted octanol–water partition coefficient (Wildman–Crippen LogP) is 6.42. The summed E-state index contributed by atoms with van der Waals surface area (Å²) in [7, 11) is 0. The molecule has 0 aliphatic carbocycles. The van der Waals surface area contributed by atoms with E-state index in [-0.39, 0.29) is 17.7 Å². The van der Waals surface area contributed by atoms with Crippen LogP contribution in [0.5, 0.6) is 5.75 Å². The van der Waals surface area contributed by atoms with Crippen LogP contribution >= 0.6 is 0 Å². The fourth-order valence-corrected chi connectivity index (χ4v) is 4.02. The first kappa shape index (κ1) is 25.8. The highest BCUT2D eigenvalue weighted by Crippen LogP contribution is 2.35. The molecule has 0 aliphatic heterocycles. The lowest BCUT2D eigenvalue weighted by atomic mass is 10.0. The fraction of sp³-hybridized carbons (Fsp3) is 0.172. The summed E-state index contributed by atoms with van der Waals surface area (Å²) in [4.78, 5) is 25.2. The molecule has 8 heteroatoms. The SMILES string of the molecule is CC(Oc1c(C(=O)N[C@@H](Cc2ccccc2)C(=O)O)ccc2ccccc12)c1ccc(C(F)(F)F)cc1. The molecule has 5 nitrogen and oxygen atoms in total. The Kier molecular flexibility index (Phi) is 7.47. The van der Waals surface area contributed by atoms with Gasteiger partial charge >= 0.3 is 12.1 Å². The Morgan fingerprint density at radius 3 is 2.19 bits per heavy atom. The van der Waals surface area contributed by atoms with Crippen LogP contribution in [-0.2, 0) is 17.4 Å². The van der Waals surface area contributed by atoms with E-state index in [4.69, 9.17) is 4.74 Å². The number of rotatable bonds is 8. The molecule has 0 heterocycles. The molecule has 0 radical (unpaired) electrons. The zero-order valence-corrected chi connectivity index (χ0v) is 19.8. The minimum atomic E-state index is -4.45. The number of aliphatic carboxylic acids is 1. The maximum Gasteiger partial charge on any atom is 0.416 e. The Morgan fingerprint density at radius 2 is 1.54 bits per heavy atom. The lowest BCUT2D eigenvalue weighted by Crippen LogP contribution is -2.42. The van der Waals surface area contributed by atoms with Crippen LogP contribution in [-0.4, -0.2) is 23.0 Å². The highest BCUT2D eigenvalue weighted by Gasteiger charge is 2.30. The van der Waals surface area contributed by atoms with Gasteiger partial charge in [-0.2, -0.15) is 13.2 Å². The van der Waals surface area contributed by atoms with Crippen LogP contribution in [0.2, 0.25) is 0 Å². The van der Waals surface area contributed by atoms with Crippen LogP contribution in [0.4, 0.5) is 13.2 Å². The van der Waals surface area contributed by atoms with Crippen molar-refractivity contribution in [3.8, 4) is 5.75 Å². The second kappa shape index (κ2) is 10.7. The number of carbonyl (C=O) groups excluding carboxylic acids is 1. The van der Waals surface area contributed by atoms with Crippen LogP contribution in [0.25, 0.3) is 10.8 Å². The van der Waals surface area contributed by atoms with E-state index in [0.717, 1.165) is 23.1 Å². The lowest BCUT2D eigenvalue weighted by Gasteiger charge is -2.21. The van der Waals surface area contributed by atoms with Crippen LogP contribution in [0, 0.1) is 0 Å². The molecule has 2 atom stereocenters. The fourth-order valence-electron chi connectivity index (χ4n) is 4.02. The van der Waals surface area contributed by atoms with E-state index in [1.165, 1.54) is 12.1 Å². The first-order valence-corrected chi connectivity index (χ1v) is 11.6. The van der Waals surface area contributed by atoms with E-state index < -0.39 is 35.8 Å². The van der Waals surface area contributed by atoms with Crippen molar-refractivity contribution >= 4 is 22.6 Å². The standard InChI is InChI=1S/C29H24F3NO4/c1-18(20-11-14-22(15-12-20)29(30,31)32)37-26-23-10-6-5-9-21(23)13-16-24(26)27(34)33-25(28(35)36)17-19-7-3-2-4-8-19/h2-16,18,25H,17H2,1H3,(H,33,34)(H,35,36)/t18?,25-/m0/s1. The lowest BCUT2D eigenvalue weighted by molar-refractivity contribution is -0.139. The van der Waals surface area contributed by atoms with Gasteiger partial charge in [-0.25, -0.2) is 4.79 Å². The number of alkyl halides is 3. The van der Waals surface area contributed by atoms with Crippen LogP contribution in [0.3, 0.4) is 0 Å². The first-order chi connectivity index (χ1) is 17.6. The van der Waals surface area contributed by atoms with Gasteiger partial charge in [0.15, 0.2) is 0 Å². The van der Waals surface area contributed by atoms with Crippen molar-refractivity contribution in [1.29, 1.82) is 0 Å². The largest absolute Gasteiger partial charge is 0.485 e. The molecule has 4 aromatic carbocycles. The average molecular weight is 508 g/mol. The van der Waals surface area contributed by atoms with Crippen molar-refractivity contribution < 1.29 is 32.6 Å². The van der Waals surface area contributed by atoms with Crippen molar-refractivity contribution in [2.75, 3.05) is 0 Å². The van der Waals surface area contributed by atoms with Gasteiger partial charge in [0.05, 0.1) is 11.1 Å².